The van der Waals surface area contributed by atoms with E-state index in [0.717, 1.165) is 23.2 Å². The molecular weight excluding hydrogens is 297 g/mol. The lowest BCUT2D eigenvalue weighted by Crippen LogP contribution is -2.31. The molecule has 120 valence electrons. The maximum absolute atomic E-state index is 12.7. The second-order valence-corrected chi connectivity index (χ2v) is 5.55. The number of rotatable bonds is 6. The van der Waals surface area contributed by atoms with Crippen molar-refractivity contribution in [2.75, 3.05) is 6.67 Å². The molecule has 0 amide bonds. The zero-order valence-corrected chi connectivity index (χ0v) is 12.6. The molecule has 23 heavy (non-hydrogen) atoms. The van der Waals surface area contributed by atoms with Gasteiger partial charge in [0.05, 0.1) is 12.1 Å². The third-order valence-corrected chi connectivity index (χ3v) is 3.65. The number of aromatic nitrogens is 1. The number of hydrogen-bond acceptors (Lipinski definition) is 5. The van der Waals surface area contributed by atoms with Gasteiger partial charge in [-0.2, -0.15) is 0 Å². The lowest BCUT2D eigenvalue weighted by atomic mass is 10.0. The van der Waals surface area contributed by atoms with Crippen LogP contribution in [0, 0.1) is 0 Å². The molecule has 6 heteroatoms. The number of nitrogens with one attached hydrogen (secondary N) is 1. The summed E-state index contributed by atoms with van der Waals surface area (Å²) in [7, 11) is 0. The summed E-state index contributed by atoms with van der Waals surface area (Å²) in [6.45, 7) is 0.462. The van der Waals surface area contributed by atoms with Gasteiger partial charge in [0.1, 0.15) is 0 Å². The summed E-state index contributed by atoms with van der Waals surface area (Å²) in [5.41, 5.74) is 3.63. The van der Waals surface area contributed by atoms with Gasteiger partial charge in [-0.1, -0.05) is 23.4 Å². The third-order valence-electron chi connectivity index (χ3n) is 3.65. The van der Waals surface area contributed by atoms with Gasteiger partial charge in [0.2, 0.25) is 0 Å². The van der Waals surface area contributed by atoms with E-state index in [4.69, 9.17) is 4.84 Å². The number of aliphatic hydroxyl groups is 1. The van der Waals surface area contributed by atoms with Crippen LogP contribution < -0.4 is 5.32 Å². The Kier molecular flexibility index (Phi) is 4.64. The van der Waals surface area contributed by atoms with Crippen LogP contribution in [0.2, 0.25) is 0 Å². The number of pyridine rings is 1. The molecule has 2 heterocycles. The largest absolute Gasteiger partial charge is 0.357 e. The summed E-state index contributed by atoms with van der Waals surface area (Å²) in [4.78, 5) is 8.77. The van der Waals surface area contributed by atoms with E-state index >= 15 is 0 Å². The first-order chi connectivity index (χ1) is 11.2. The van der Waals surface area contributed by atoms with Crippen molar-refractivity contribution in [1.29, 1.82) is 0 Å². The lowest BCUT2D eigenvalue weighted by molar-refractivity contribution is -0.193. The van der Waals surface area contributed by atoms with E-state index in [1.807, 2.05) is 36.4 Å². The second kappa shape index (κ2) is 6.85. The summed E-state index contributed by atoms with van der Waals surface area (Å²) >= 11 is 0. The number of benzene rings is 1. The van der Waals surface area contributed by atoms with Gasteiger partial charge in [-0.3, -0.25) is 4.98 Å². The molecule has 0 aliphatic carbocycles. The Morgan fingerprint density at radius 3 is 2.70 bits per heavy atom. The SMILES string of the molecule is OC1(CF)CC(c2cccc(CNCc3ccncc3)c2)=NO1. The Balaban J connectivity index is 1.60. The normalized spacial score (nSPS) is 20.2. The van der Waals surface area contributed by atoms with Crippen LogP contribution >= 0.6 is 0 Å². The number of oxime groups is 1. The molecule has 5 nitrogen and oxygen atoms in total. The van der Waals surface area contributed by atoms with Crippen LogP contribution in [0.3, 0.4) is 0 Å². The molecule has 1 aromatic carbocycles. The summed E-state index contributed by atoms with van der Waals surface area (Å²) < 4.78 is 12.7. The topological polar surface area (TPSA) is 66.7 Å². The monoisotopic (exact) mass is 315 g/mol. The molecule has 1 aliphatic heterocycles. The van der Waals surface area contributed by atoms with Crippen molar-refractivity contribution < 1.29 is 14.3 Å². The van der Waals surface area contributed by atoms with Gasteiger partial charge in [0, 0.05) is 25.5 Å². The van der Waals surface area contributed by atoms with E-state index in [2.05, 4.69) is 15.5 Å². The van der Waals surface area contributed by atoms with Gasteiger partial charge in [0.15, 0.2) is 6.67 Å². The van der Waals surface area contributed by atoms with E-state index in [-0.39, 0.29) is 6.42 Å². The highest BCUT2D eigenvalue weighted by atomic mass is 19.1. The van der Waals surface area contributed by atoms with Crippen molar-refractivity contribution in [3.05, 3.63) is 65.5 Å². The molecule has 1 atom stereocenters. The van der Waals surface area contributed by atoms with Crippen molar-refractivity contribution >= 4 is 5.71 Å². The molecule has 0 fully saturated rings. The minimum absolute atomic E-state index is 0.0530. The minimum Gasteiger partial charge on any atom is -0.357 e. The van der Waals surface area contributed by atoms with E-state index in [9.17, 15) is 9.50 Å². The molecule has 0 saturated heterocycles. The Labute approximate surface area is 133 Å². The highest BCUT2D eigenvalue weighted by Crippen LogP contribution is 2.25. The summed E-state index contributed by atoms with van der Waals surface area (Å²) in [5.74, 6) is -1.81. The zero-order valence-electron chi connectivity index (χ0n) is 12.6. The average molecular weight is 315 g/mol. The summed E-state index contributed by atoms with van der Waals surface area (Å²) in [6, 6.07) is 11.7. The number of nitrogens with zero attached hydrogens (tertiary/aromatic N) is 2. The van der Waals surface area contributed by atoms with Crippen LogP contribution in [0.1, 0.15) is 23.1 Å². The first-order valence-electron chi connectivity index (χ1n) is 7.41. The van der Waals surface area contributed by atoms with Gasteiger partial charge < -0.3 is 15.3 Å². The highest BCUT2D eigenvalue weighted by molar-refractivity contribution is 6.01. The number of alkyl halides is 1. The maximum Gasteiger partial charge on any atom is 0.268 e. The van der Waals surface area contributed by atoms with Crippen LogP contribution in [0.15, 0.2) is 53.9 Å². The fourth-order valence-electron chi connectivity index (χ4n) is 2.41. The Bertz CT molecular complexity index is 693. The van der Waals surface area contributed by atoms with Gasteiger partial charge in [-0.25, -0.2) is 4.39 Å². The van der Waals surface area contributed by atoms with Crippen molar-refractivity contribution in [3.63, 3.8) is 0 Å². The van der Waals surface area contributed by atoms with Crippen LogP contribution in [0.25, 0.3) is 0 Å². The lowest BCUT2D eigenvalue weighted by Gasteiger charge is -2.14. The number of halogens is 1. The Morgan fingerprint density at radius 2 is 1.96 bits per heavy atom. The van der Waals surface area contributed by atoms with E-state index in [0.29, 0.717) is 12.3 Å². The zero-order chi connectivity index (χ0) is 16.1. The molecule has 0 saturated carbocycles. The minimum atomic E-state index is -1.81. The predicted octanol–water partition coefficient (Wildman–Crippen LogP) is 2.15. The maximum atomic E-state index is 12.7. The Hall–Kier alpha value is -2.31. The smallest absolute Gasteiger partial charge is 0.268 e. The van der Waals surface area contributed by atoms with Crippen LogP contribution in [0.4, 0.5) is 4.39 Å². The molecule has 0 bridgehead atoms. The van der Waals surface area contributed by atoms with E-state index in [1.165, 1.54) is 0 Å². The first-order valence-corrected chi connectivity index (χ1v) is 7.41. The molecule has 1 aliphatic rings. The fourth-order valence-corrected chi connectivity index (χ4v) is 2.41. The van der Waals surface area contributed by atoms with Crippen LogP contribution in [-0.4, -0.2) is 28.3 Å². The quantitative estimate of drug-likeness (QED) is 0.857. The fraction of sp³-hybridized carbons (Fsp3) is 0.294. The van der Waals surface area contributed by atoms with Crippen molar-refractivity contribution in [3.8, 4) is 0 Å². The highest BCUT2D eigenvalue weighted by Gasteiger charge is 2.37. The summed E-state index contributed by atoms with van der Waals surface area (Å²) in [6.07, 6.45) is 3.58. The van der Waals surface area contributed by atoms with E-state index in [1.54, 1.807) is 12.4 Å². The van der Waals surface area contributed by atoms with Gasteiger partial charge >= 0.3 is 0 Å². The standard InChI is InChI=1S/C17H18FN3O2/c18-12-17(22)9-16(21-23-17)15-3-1-2-14(8-15)11-20-10-13-4-6-19-7-5-13/h1-8,20,22H,9-12H2. The molecule has 2 N–H and O–H groups in total. The molecule has 0 radical (unpaired) electrons. The van der Waals surface area contributed by atoms with Crippen molar-refractivity contribution in [2.45, 2.75) is 25.3 Å². The average Bonchev–Trinajstić information content (AvgIpc) is 2.99. The van der Waals surface area contributed by atoms with Crippen LogP contribution in [0.5, 0.6) is 0 Å². The molecular formula is C17H18FN3O2. The predicted molar refractivity (Wildman–Crippen MR) is 84.4 cm³/mol. The van der Waals surface area contributed by atoms with Gasteiger partial charge in [-0.05, 0) is 34.9 Å². The van der Waals surface area contributed by atoms with E-state index < -0.39 is 12.5 Å². The second-order valence-electron chi connectivity index (χ2n) is 5.55. The van der Waals surface area contributed by atoms with Crippen molar-refractivity contribution in [2.24, 2.45) is 5.16 Å². The number of hydrogen-bond donors (Lipinski definition) is 2. The molecule has 1 unspecified atom stereocenters. The van der Waals surface area contributed by atoms with Crippen LogP contribution in [-0.2, 0) is 17.9 Å². The Morgan fingerprint density at radius 1 is 1.17 bits per heavy atom. The van der Waals surface area contributed by atoms with Gasteiger partial charge in [0.25, 0.3) is 5.79 Å². The molecule has 2 aromatic rings. The summed E-state index contributed by atoms with van der Waals surface area (Å²) in [5, 5.41) is 16.9. The first kappa shape index (κ1) is 15.6. The third kappa shape index (κ3) is 3.91. The molecule has 1 aromatic heterocycles. The van der Waals surface area contributed by atoms with Crippen molar-refractivity contribution in [1.82, 2.24) is 10.3 Å². The molecule has 0 spiro atoms. The van der Waals surface area contributed by atoms with Gasteiger partial charge in [-0.15, -0.1) is 0 Å². The molecule has 3 rings (SSSR count).